The molecule has 1 amide bonds. The van der Waals surface area contributed by atoms with Crippen molar-refractivity contribution in [1.82, 2.24) is 14.9 Å². The molecule has 0 unspecified atom stereocenters. The number of piperidine rings is 1. The molecule has 0 atom stereocenters. The molecule has 7 heteroatoms. The van der Waals surface area contributed by atoms with Crippen molar-refractivity contribution in [3.63, 3.8) is 0 Å². The van der Waals surface area contributed by atoms with Crippen LogP contribution in [0.5, 0.6) is 0 Å². The van der Waals surface area contributed by atoms with Gasteiger partial charge in [0.15, 0.2) is 11.5 Å². The summed E-state index contributed by atoms with van der Waals surface area (Å²) in [6, 6.07) is 0. The molecule has 0 aromatic carbocycles. The first-order valence-corrected chi connectivity index (χ1v) is 7.28. The third kappa shape index (κ3) is 2.83. The molecule has 2 fully saturated rings. The summed E-state index contributed by atoms with van der Waals surface area (Å²) in [4.78, 5) is 24.0. The van der Waals surface area contributed by atoms with Gasteiger partial charge in [-0.3, -0.25) is 4.79 Å². The van der Waals surface area contributed by atoms with E-state index in [0.717, 1.165) is 32.1 Å². The van der Waals surface area contributed by atoms with Crippen LogP contribution in [0.2, 0.25) is 0 Å². The minimum Gasteiger partial charge on any atom is -0.378 e. The predicted octanol–water partition coefficient (Wildman–Crippen LogP) is 1.08. The van der Waals surface area contributed by atoms with E-state index in [1.807, 2.05) is 4.90 Å². The molecule has 21 heavy (non-hydrogen) atoms. The Morgan fingerprint density at radius 3 is 2.71 bits per heavy atom. The number of aromatic nitrogens is 2. The highest BCUT2D eigenvalue weighted by Gasteiger charge is 2.33. The molecule has 114 valence electrons. The molecular formula is C14H19FN4O2. The van der Waals surface area contributed by atoms with Gasteiger partial charge in [-0.05, 0) is 19.3 Å². The van der Waals surface area contributed by atoms with E-state index in [4.69, 9.17) is 4.74 Å². The van der Waals surface area contributed by atoms with E-state index >= 15 is 0 Å². The number of amides is 1. The summed E-state index contributed by atoms with van der Waals surface area (Å²) in [6.45, 7) is 2.68. The van der Waals surface area contributed by atoms with E-state index in [0.29, 0.717) is 19.0 Å². The molecule has 0 bridgehead atoms. The van der Waals surface area contributed by atoms with Gasteiger partial charge in [0.25, 0.3) is 5.91 Å². The fraction of sp³-hybridized carbons (Fsp3) is 0.643. The van der Waals surface area contributed by atoms with Gasteiger partial charge in [0.1, 0.15) is 0 Å². The molecule has 1 aromatic heterocycles. The van der Waals surface area contributed by atoms with Gasteiger partial charge in [-0.15, -0.1) is 0 Å². The Morgan fingerprint density at radius 2 is 2.05 bits per heavy atom. The van der Waals surface area contributed by atoms with Gasteiger partial charge in [0.2, 0.25) is 5.95 Å². The average molecular weight is 294 g/mol. The molecule has 0 radical (unpaired) electrons. The molecule has 6 nitrogen and oxygen atoms in total. The van der Waals surface area contributed by atoms with Crippen molar-refractivity contribution in [2.45, 2.75) is 25.4 Å². The summed E-state index contributed by atoms with van der Waals surface area (Å²) < 4.78 is 19.0. The van der Waals surface area contributed by atoms with Crippen LogP contribution in [-0.4, -0.2) is 60.2 Å². The van der Waals surface area contributed by atoms with Gasteiger partial charge in [-0.2, -0.15) is 0 Å². The molecule has 1 aromatic rings. The number of rotatable bonds is 3. The Balaban J connectivity index is 1.76. The third-order valence-corrected chi connectivity index (χ3v) is 4.04. The number of nitrogens with zero attached hydrogens (tertiary/aromatic N) is 4. The van der Waals surface area contributed by atoms with Crippen LogP contribution in [-0.2, 0) is 4.74 Å². The molecule has 2 aliphatic rings. The third-order valence-electron chi connectivity index (χ3n) is 4.04. The maximum absolute atomic E-state index is 13.9. The van der Waals surface area contributed by atoms with Crippen molar-refractivity contribution in [2.75, 3.05) is 38.2 Å². The van der Waals surface area contributed by atoms with Gasteiger partial charge in [0, 0.05) is 33.3 Å². The van der Waals surface area contributed by atoms with Crippen LogP contribution >= 0.6 is 0 Å². The second-order valence-corrected chi connectivity index (χ2v) is 5.48. The van der Waals surface area contributed by atoms with Gasteiger partial charge < -0.3 is 14.5 Å². The fourth-order valence-electron chi connectivity index (χ4n) is 2.66. The van der Waals surface area contributed by atoms with Crippen LogP contribution in [0.4, 0.5) is 10.3 Å². The number of anilines is 1. The molecule has 2 saturated heterocycles. The second-order valence-electron chi connectivity index (χ2n) is 5.48. The fourth-order valence-corrected chi connectivity index (χ4v) is 2.66. The quantitative estimate of drug-likeness (QED) is 0.835. The summed E-state index contributed by atoms with van der Waals surface area (Å²) >= 11 is 0. The van der Waals surface area contributed by atoms with Crippen molar-refractivity contribution in [3.05, 3.63) is 17.7 Å². The molecule has 0 aliphatic carbocycles. The van der Waals surface area contributed by atoms with E-state index in [1.165, 1.54) is 6.42 Å². The number of ether oxygens (including phenoxy) is 1. The lowest BCUT2D eigenvalue weighted by molar-refractivity contribution is -0.0197. The van der Waals surface area contributed by atoms with Gasteiger partial charge in [0.05, 0.1) is 12.3 Å². The van der Waals surface area contributed by atoms with E-state index in [2.05, 4.69) is 9.97 Å². The van der Waals surface area contributed by atoms with E-state index in [-0.39, 0.29) is 17.7 Å². The normalized spacial score (nSPS) is 19.5. The van der Waals surface area contributed by atoms with Crippen molar-refractivity contribution in [3.8, 4) is 0 Å². The number of likely N-dealkylation sites (tertiary alicyclic amines) is 1. The standard InChI is InChI=1S/C14H19FN4O2/c1-21-10-8-19(9-10)13(20)12-11(15)7-16-14(17-12)18-5-3-2-4-6-18/h7,10H,2-6,8-9H2,1H3. The molecule has 0 spiro atoms. The van der Waals surface area contributed by atoms with Gasteiger partial charge >= 0.3 is 0 Å². The zero-order valence-electron chi connectivity index (χ0n) is 12.1. The number of carbonyl (C=O) groups excluding carboxylic acids is 1. The Kier molecular flexibility index (Phi) is 4.01. The molecule has 3 rings (SSSR count). The summed E-state index contributed by atoms with van der Waals surface area (Å²) in [5.41, 5.74) is -0.139. The highest BCUT2D eigenvalue weighted by Crippen LogP contribution is 2.20. The number of halogens is 1. The number of methoxy groups -OCH3 is 1. The summed E-state index contributed by atoms with van der Waals surface area (Å²) in [6.07, 6.45) is 4.48. The number of hydrogen-bond acceptors (Lipinski definition) is 5. The lowest BCUT2D eigenvalue weighted by atomic mass is 10.1. The smallest absolute Gasteiger partial charge is 0.275 e. The van der Waals surface area contributed by atoms with Crippen molar-refractivity contribution in [2.24, 2.45) is 0 Å². The predicted molar refractivity (Wildman–Crippen MR) is 74.8 cm³/mol. The van der Waals surface area contributed by atoms with Crippen molar-refractivity contribution < 1.29 is 13.9 Å². The Hall–Kier alpha value is -1.76. The van der Waals surface area contributed by atoms with Crippen molar-refractivity contribution >= 4 is 11.9 Å². The lowest BCUT2D eigenvalue weighted by Crippen LogP contribution is -2.54. The average Bonchev–Trinajstić information content (AvgIpc) is 2.47. The SMILES string of the molecule is COC1CN(C(=O)c2nc(N3CCCCC3)ncc2F)C1. The summed E-state index contributed by atoms with van der Waals surface area (Å²) in [5.74, 6) is -0.605. The van der Waals surface area contributed by atoms with Gasteiger partial charge in [-0.25, -0.2) is 14.4 Å². The van der Waals surface area contributed by atoms with E-state index in [1.54, 1.807) is 12.0 Å². The van der Waals surface area contributed by atoms with Crippen molar-refractivity contribution in [1.29, 1.82) is 0 Å². The highest BCUT2D eigenvalue weighted by atomic mass is 19.1. The molecule has 2 aliphatic heterocycles. The number of hydrogen-bond donors (Lipinski definition) is 0. The monoisotopic (exact) mass is 294 g/mol. The largest absolute Gasteiger partial charge is 0.378 e. The molecule has 0 saturated carbocycles. The maximum atomic E-state index is 13.9. The zero-order chi connectivity index (χ0) is 14.8. The van der Waals surface area contributed by atoms with Crippen LogP contribution in [0.25, 0.3) is 0 Å². The summed E-state index contributed by atoms with van der Waals surface area (Å²) in [5, 5.41) is 0. The first-order valence-electron chi connectivity index (χ1n) is 7.28. The lowest BCUT2D eigenvalue weighted by Gasteiger charge is -2.37. The Labute approximate surface area is 122 Å². The molecule has 0 N–H and O–H groups in total. The second kappa shape index (κ2) is 5.93. The van der Waals surface area contributed by atoms with Crippen LogP contribution in [0.1, 0.15) is 29.8 Å². The first kappa shape index (κ1) is 14.2. The first-order chi connectivity index (χ1) is 10.2. The number of carbonyl (C=O) groups is 1. The minimum absolute atomic E-state index is 0.0420. The molecular weight excluding hydrogens is 275 g/mol. The van der Waals surface area contributed by atoms with E-state index < -0.39 is 5.82 Å². The topological polar surface area (TPSA) is 58.6 Å². The highest BCUT2D eigenvalue weighted by molar-refractivity contribution is 5.93. The zero-order valence-corrected chi connectivity index (χ0v) is 12.1. The van der Waals surface area contributed by atoms with Crippen LogP contribution in [0.15, 0.2) is 6.20 Å². The van der Waals surface area contributed by atoms with Crippen LogP contribution in [0.3, 0.4) is 0 Å². The van der Waals surface area contributed by atoms with Crippen LogP contribution in [0, 0.1) is 5.82 Å². The Morgan fingerprint density at radius 1 is 1.33 bits per heavy atom. The summed E-state index contributed by atoms with van der Waals surface area (Å²) in [7, 11) is 1.60. The van der Waals surface area contributed by atoms with Gasteiger partial charge in [-0.1, -0.05) is 0 Å². The van der Waals surface area contributed by atoms with E-state index in [9.17, 15) is 9.18 Å². The maximum Gasteiger partial charge on any atom is 0.275 e. The minimum atomic E-state index is -0.665. The van der Waals surface area contributed by atoms with Crippen LogP contribution < -0.4 is 4.90 Å². The molecule has 3 heterocycles. The Bertz CT molecular complexity index is 528.